The van der Waals surface area contributed by atoms with Crippen molar-refractivity contribution in [2.24, 2.45) is 0 Å². The lowest BCUT2D eigenvalue weighted by Gasteiger charge is -2.37. The normalized spacial score (nSPS) is 17.4. The molecule has 1 aromatic carbocycles. The SMILES string of the molecule is CC(C)N(Cc1cccc(F)c1F)C1CCOCC1. The van der Waals surface area contributed by atoms with E-state index in [1.807, 2.05) is 0 Å². The minimum Gasteiger partial charge on any atom is -0.381 e. The second-order valence-corrected chi connectivity index (χ2v) is 5.32. The van der Waals surface area contributed by atoms with E-state index in [1.54, 1.807) is 12.1 Å². The van der Waals surface area contributed by atoms with Crippen LogP contribution < -0.4 is 0 Å². The Balaban J connectivity index is 2.13. The largest absolute Gasteiger partial charge is 0.381 e. The van der Waals surface area contributed by atoms with E-state index in [-0.39, 0.29) is 0 Å². The zero-order valence-corrected chi connectivity index (χ0v) is 11.5. The zero-order valence-electron chi connectivity index (χ0n) is 11.5. The molecule has 0 radical (unpaired) electrons. The van der Waals surface area contributed by atoms with E-state index in [4.69, 9.17) is 4.74 Å². The molecule has 2 nitrogen and oxygen atoms in total. The van der Waals surface area contributed by atoms with Crippen LogP contribution >= 0.6 is 0 Å². The van der Waals surface area contributed by atoms with Crippen molar-refractivity contribution in [3.63, 3.8) is 0 Å². The average Bonchev–Trinajstić information content (AvgIpc) is 2.41. The van der Waals surface area contributed by atoms with Crippen molar-refractivity contribution >= 4 is 0 Å². The van der Waals surface area contributed by atoms with E-state index >= 15 is 0 Å². The maximum atomic E-state index is 13.8. The van der Waals surface area contributed by atoms with Gasteiger partial charge in [-0.1, -0.05) is 12.1 Å². The van der Waals surface area contributed by atoms with Crippen LogP contribution in [0.15, 0.2) is 18.2 Å². The number of halogens is 2. The van der Waals surface area contributed by atoms with Gasteiger partial charge in [0.1, 0.15) is 0 Å². The third kappa shape index (κ3) is 3.51. The molecular formula is C15H21F2NO. The van der Waals surface area contributed by atoms with Gasteiger partial charge in [-0.2, -0.15) is 0 Å². The van der Waals surface area contributed by atoms with Gasteiger partial charge in [-0.15, -0.1) is 0 Å². The van der Waals surface area contributed by atoms with Crippen LogP contribution in [0.2, 0.25) is 0 Å². The number of ether oxygens (including phenoxy) is 1. The van der Waals surface area contributed by atoms with Crippen LogP contribution in [-0.2, 0) is 11.3 Å². The summed E-state index contributed by atoms with van der Waals surface area (Å²) in [7, 11) is 0. The summed E-state index contributed by atoms with van der Waals surface area (Å²) >= 11 is 0. The first-order valence-electron chi connectivity index (χ1n) is 6.86. The molecule has 1 aliphatic rings. The van der Waals surface area contributed by atoms with E-state index < -0.39 is 11.6 Å². The molecule has 0 spiro atoms. The summed E-state index contributed by atoms with van der Waals surface area (Å²) in [4.78, 5) is 2.24. The van der Waals surface area contributed by atoms with Crippen LogP contribution in [0.3, 0.4) is 0 Å². The summed E-state index contributed by atoms with van der Waals surface area (Å²) in [5, 5.41) is 0. The van der Waals surface area contributed by atoms with Crippen molar-refractivity contribution < 1.29 is 13.5 Å². The Hall–Kier alpha value is -1.00. The Bertz CT molecular complexity index is 417. The second-order valence-electron chi connectivity index (χ2n) is 5.32. The van der Waals surface area contributed by atoms with Gasteiger partial charge in [-0.05, 0) is 32.8 Å². The lowest BCUT2D eigenvalue weighted by Crippen LogP contribution is -2.43. The van der Waals surface area contributed by atoms with Crippen molar-refractivity contribution in [3.8, 4) is 0 Å². The highest BCUT2D eigenvalue weighted by Gasteiger charge is 2.24. The molecule has 106 valence electrons. The Morgan fingerprint density at radius 1 is 1.26 bits per heavy atom. The summed E-state index contributed by atoms with van der Waals surface area (Å²) in [6.07, 6.45) is 1.91. The molecule has 4 heteroatoms. The first-order valence-corrected chi connectivity index (χ1v) is 6.86. The van der Waals surface area contributed by atoms with Gasteiger partial charge in [0.2, 0.25) is 0 Å². The van der Waals surface area contributed by atoms with E-state index in [0.717, 1.165) is 32.1 Å². The van der Waals surface area contributed by atoms with E-state index in [9.17, 15) is 8.78 Å². The molecule has 0 saturated carbocycles. The Morgan fingerprint density at radius 2 is 1.95 bits per heavy atom. The topological polar surface area (TPSA) is 12.5 Å². The third-order valence-corrected chi connectivity index (χ3v) is 3.71. The first-order chi connectivity index (χ1) is 9.09. The molecule has 0 N–H and O–H groups in total. The molecule has 0 bridgehead atoms. The Kier molecular flexibility index (Phi) is 4.88. The third-order valence-electron chi connectivity index (χ3n) is 3.71. The van der Waals surface area contributed by atoms with Crippen LogP contribution in [0.5, 0.6) is 0 Å². The van der Waals surface area contributed by atoms with Crippen molar-refractivity contribution in [1.29, 1.82) is 0 Å². The van der Waals surface area contributed by atoms with E-state index in [1.165, 1.54) is 0 Å². The number of rotatable bonds is 4. The predicted molar refractivity (Wildman–Crippen MR) is 70.9 cm³/mol. The van der Waals surface area contributed by atoms with E-state index in [2.05, 4.69) is 18.7 Å². The van der Waals surface area contributed by atoms with Crippen LogP contribution in [-0.4, -0.2) is 30.2 Å². The fourth-order valence-corrected chi connectivity index (χ4v) is 2.62. The number of hydrogen-bond acceptors (Lipinski definition) is 2. The van der Waals surface area contributed by atoms with Gasteiger partial charge >= 0.3 is 0 Å². The second kappa shape index (κ2) is 6.44. The molecule has 0 atom stereocenters. The quantitative estimate of drug-likeness (QED) is 0.831. The maximum Gasteiger partial charge on any atom is 0.163 e. The van der Waals surface area contributed by atoms with Gasteiger partial charge in [0, 0.05) is 37.4 Å². The van der Waals surface area contributed by atoms with Crippen LogP contribution in [0.1, 0.15) is 32.3 Å². The van der Waals surface area contributed by atoms with Crippen molar-refractivity contribution in [1.82, 2.24) is 4.90 Å². The number of nitrogens with zero attached hydrogens (tertiary/aromatic N) is 1. The molecule has 0 aromatic heterocycles. The molecule has 1 aliphatic heterocycles. The van der Waals surface area contributed by atoms with Crippen LogP contribution in [0.4, 0.5) is 8.78 Å². The zero-order chi connectivity index (χ0) is 13.8. The van der Waals surface area contributed by atoms with Crippen molar-refractivity contribution in [2.45, 2.75) is 45.3 Å². The van der Waals surface area contributed by atoms with Gasteiger partial charge in [-0.3, -0.25) is 4.90 Å². The fourth-order valence-electron chi connectivity index (χ4n) is 2.62. The maximum absolute atomic E-state index is 13.8. The highest BCUT2D eigenvalue weighted by atomic mass is 19.2. The molecule has 0 unspecified atom stereocenters. The smallest absolute Gasteiger partial charge is 0.163 e. The monoisotopic (exact) mass is 269 g/mol. The number of benzene rings is 1. The summed E-state index contributed by atoms with van der Waals surface area (Å²) in [6.45, 7) is 6.13. The van der Waals surface area contributed by atoms with Crippen molar-refractivity contribution in [3.05, 3.63) is 35.4 Å². The lowest BCUT2D eigenvalue weighted by atomic mass is 10.0. The fraction of sp³-hybridized carbons (Fsp3) is 0.600. The van der Waals surface area contributed by atoms with E-state index in [0.29, 0.717) is 24.2 Å². The van der Waals surface area contributed by atoms with Gasteiger partial charge in [0.25, 0.3) is 0 Å². The highest BCUT2D eigenvalue weighted by molar-refractivity contribution is 5.19. The minimum atomic E-state index is -0.770. The van der Waals surface area contributed by atoms with Gasteiger partial charge < -0.3 is 4.74 Å². The van der Waals surface area contributed by atoms with Crippen LogP contribution in [0, 0.1) is 11.6 Å². The summed E-state index contributed by atoms with van der Waals surface area (Å²) < 4.78 is 32.4. The van der Waals surface area contributed by atoms with Gasteiger partial charge in [-0.25, -0.2) is 8.78 Å². The van der Waals surface area contributed by atoms with Crippen LogP contribution in [0.25, 0.3) is 0 Å². The summed E-state index contributed by atoms with van der Waals surface area (Å²) in [5.41, 5.74) is 0.431. The molecule has 1 heterocycles. The van der Waals surface area contributed by atoms with Crippen molar-refractivity contribution in [2.75, 3.05) is 13.2 Å². The average molecular weight is 269 g/mol. The molecular weight excluding hydrogens is 248 g/mol. The Morgan fingerprint density at radius 3 is 2.58 bits per heavy atom. The minimum absolute atomic E-state index is 0.297. The molecule has 2 rings (SSSR count). The molecule has 0 aliphatic carbocycles. The predicted octanol–water partition coefficient (Wildman–Crippen LogP) is 3.35. The number of hydrogen-bond donors (Lipinski definition) is 0. The van der Waals surface area contributed by atoms with Gasteiger partial charge in [0.15, 0.2) is 11.6 Å². The molecule has 19 heavy (non-hydrogen) atoms. The summed E-state index contributed by atoms with van der Waals surface area (Å²) in [5.74, 6) is -1.49. The molecule has 1 saturated heterocycles. The first kappa shape index (κ1) is 14.4. The molecule has 1 fully saturated rings. The molecule has 0 amide bonds. The highest BCUT2D eigenvalue weighted by Crippen LogP contribution is 2.22. The Labute approximate surface area is 113 Å². The standard InChI is InChI=1S/C15H21F2NO/c1-11(2)18(13-6-8-19-9-7-13)10-12-4-3-5-14(16)15(12)17/h3-5,11,13H,6-10H2,1-2H3. The molecule has 1 aromatic rings. The summed E-state index contributed by atoms with van der Waals surface area (Å²) in [6, 6.07) is 5.07. The van der Waals surface area contributed by atoms with Gasteiger partial charge in [0.05, 0.1) is 0 Å². The lowest BCUT2D eigenvalue weighted by molar-refractivity contribution is 0.0183.